The van der Waals surface area contributed by atoms with E-state index in [1.807, 2.05) is 11.8 Å². The minimum atomic E-state index is 0.584. The van der Waals surface area contributed by atoms with Crippen LogP contribution in [0.2, 0.25) is 0 Å². The van der Waals surface area contributed by atoms with Crippen LogP contribution in [0.1, 0.15) is 20.3 Å². The Morgan fingerprint density at radius 3 is 2.45 bits per heavy atom. The number of hydrogen-bond donors (Lipinski definition) is 1. The van der Waals surface area contributed by atoms with Crippen LogP contribution in [-0.2, 0) is 0 Å². The van der Waals surface area contributed by atoms with Gasteiger partial charge >= 0.3 is 0 Å². The van der Waals surface area contributed by atoms with Gasteiger partial charge in [0.1, 0.15) is 0 Å². The molecule has 4 heteroatoms. The Kier molecular flexibility index (Phi) is 5.75. The maximum atomic E-state index is 5.65. The molecule has 1 heterocycles. The van der Waals surface area contributed by atoms with Crippen LogP contribution in [0.25, 0.3) is 0 Å². The zero-order chi connectivity index (χ0) is 14.5. The monoisotopic (exact) mass is 293 g/mol. The quantitative estimate of drug-likeness (QED) is 0.846. The molecule has 0 bridgehead atoms. The van der Waals surface area contributed by atoms with Crippen molar-refractivity contribution < 1.29 is 0 Å². The van der Waals surface area contributed by atoms with E-state index in [1.54, 1.807) is 0 Å². The smallest absolute Gasteiger partial charge is 0.0505 e. The minimum Gasteiger partial charge on any atom is -0.368 e. The highest BCUT2D eigenvalue weighted by Crippen LogP contribution is 2.31. The van der Waals surface area contributed by atoms with Crippen LogP contribution in [0, 0.1) is 0 Å². The molecular formula is C16H27N3S. The maximum absolute atomic E-state index is 5.65. The number of nitrogens with two attached hydrogens (primary N) is 1. The van der Waals surface area contributed by atoms with Crippen LogP contribution >= 0.6 is 11.8 Å². The Morgan fingerprint density at radius 1 is 1.20 bits per heavy atom. The normalized spacial score (nSPS) is 24.1. The van der Waals surface area contributed by atoms with Crippen molar-refractivity contribution in [2.24, 2.45) is 5.73 Å². The summed E-state index contributed by atoms with van der Waals surface area (Å²) in [6.45, 7) is 8.78. The molecule has 1 aromatic rings. The molecule has 1 saturated heterocycles. The molecule has 2 unspecified atom stereocenters. The number of nitrogens with zero attached hydrogens (tertiary/aromatic N) is 2. The molecule has 0 aromatic heterocycles. The highest BCUT2D eigenvalue weighted by molar-refractivity contribution is 7.98. The second-order valence-corrected chi connectivity index (χ2v) is 6.50. The van der Waals surface area contributed by atoms with E-state index in [4.69, 9.17) is 5.73 Å². The van der Waals surface area contributed by atoms with Gasteiger partial charge in [0.05, 0.1) is 5.69 Å². The Balaban J connectivity index is 2.10. The summed E-state index contributed by atoms with van der Waals surface area (Å²) in [5.74, 6) is 0. The first-order chi connectivity index (χ1) is 9.67. The number of anilines is 1. The average Bonchev–Trinajstić information content (AvgIpc) is 2.46. The summed E-state index contributed by atoms with van der Waals surface area (Å²) < 4.78 is 0. The van der Waals surface area contributed by atoms with Gasteiger partial charge in [0.25, 0.3) is 0 Å². The molecule has 1 aliphatic rings. The predicted molar refractivity (Wildman–Crippen MR) is 89.7 cm³/mol. The minimum absolute atomic E-state index is 0.584. The number of rotatable bonds is 5. The molecule has 0 radical (unpaired) electrons. The molecule has 20 heavy (non-hydrogen) atoms. The zero-order valence-corrected chi connectivity index (χ0v) is 13.7. The van der Waals surface area contributed by atoms with Gasteiger partial charge in [-0.1, -0.05) is 12.1 Å². The summed E-state index contributed by atoms with van der Waals surface area (Å²) in [5.41, 5.74) is 7.04. The third-order valence-corrected chi connectivity index (χ3v) is 4.93. The molecule has 1 aliphatic heterocycles. The molecule has 0 aliphatic carbocycles. The zero-order valence-electron chi connectivity index (χ0n) is 12.9. The predicted octanol–water partition coefficient (Wildman–Crippen LogP) is 2.66. The van der Waals surface area contributed by atoms with E-state index >= 15 is 0 Å². The molecule has 0 spiro atoms. The lowest BCUT2D eigenvalue weighted by molar-refractivity contribution is 0.131. The standard InChI is InChI=1S/C16H27N3S/c1-13-11-18(12-14(2)19(13)10-6-9-17)15-7-4-5-8-16(15)20-3/h4-5,7-8,13-14H,6,9-12,17H2,1-3H3. The molecule has 1 aromatic carbocycles. The van der Waals surface area contributed by atoms with E-state index in [9.17, 15) is 0 Å². The van der Waals surface area contributed by atoms with Crippen LogP contribution in [-0.4, -0.2) is 49.4 Å². The van der Waals surface area contributed by atoms with Crippen LogP contribution in [0.15, 0.2) is 29.2 Å². The Morgan fingerprint density at radius 2 is 1.85 bits per heavy atom. The first-order valence-corrected chi connectivity index (χ1v) is 8.73. The van der Waals surface area contributed by atoms with Crippen molar-refractivity contribution in [3.8, 4) is 0 Å². The SMILES string of the molecule is CSc1ccccc1N1CC(C)N(CCCN)C(C)C1. The van der Waals surface area contributed by atoms with Crippen molar-refractivity contribution >= 4 is 17.4 Å². The second kappa shape index (κ2) is 7.34. The van der Waals surface area contributed by atoms with E-state index in [0.717, 1.165) is 32.6 Å². The highest BCUT2D eigenvalue weighted by atomic mass is 32.2. The molecular weight excluding hydrogens is 266 g/mol. The lowest BCUT2D eigenvalue weighted by Crippen LogP contribution is -2.57. The largest absolute Gasteiger partial charge is 0.368 e. The average molecular weight is 293 g/mol. The molecule has 2 N–H and O–H groups in total. The number of thioether (sulfide) groups is 1. The fraction of sp³-hybridized carbons (Fsp3) is 0.625. The summed E-state index contributed by atoms with van der Waals surface area (Å²) >= 11 is 1.83. The summed E-state index contributed by atoms with van der Waals surface area (Å²) in [6, 6.07) is 9.90. The third kappa shape index (κ3) is 3.48. The van der Waals surface area contributed by atoms with Gasteiger partial charge < -0.3 is 10.6 Å². The number of para-hydroxylation sites is 1. The summed E-state index contributed by atoms with van der Waals surface area (Å²) in [5, 5.41) is 0. The molecule has 1 fully saturated rings. The molecule has 0 amide bonds. The molecule has 0 saturated carbocycles. The Labute approximate surface area is 127 Å². The van der Waals surface area contributed by atoms with Crippen molar-refractivity contribution in [3.05, 3.63) is 24.3 Å². The van der Waals surface area contributed by atoms with Gasteiger partial charge in [-0.05, 0) is 45.2 Å². The Hall–Kier alpha value is -0.710. The number of piperazine rings is 1. The van der Waals surface area contributed by atoms with E-state index in [2.05, 4.69) is 54.2 Å². The lowest BCUT2D eigenvalue weighted by atomic mass is 10.1. The van der Waals surface area contributed by atoms with Crippen LogP contribution in [0.3, 0.4) is 0 Å². The first kappa shape index (κ1) is 15.7. The van der Waals surface area contributed by atoms with E-state index in [-0.39, 0.29) is 0 Å². The summed E-state index contributed by atoms with van der Waals surface area (Å²) in [6.07, 6.45) is 3.25. The molecule has 3 nitrogen and oxygen atoms in total. The first-order valence-electron chi connectivity index (χ1n) is 7.51. The van der Waals surface area contributed by atoms with E-state index < -0.39 is 0 Å². The van der Waals surface area contributed by atoms with Crippen molar-refractivity contribution in [1.82, 2.24) is 4.90 Å². The molecule has 2 atom stereocenters. The van der Waals surface area contributed by atoms with E-state index in [1.165, 1.54) is 10.6 Å². The topological polar surface area (TPSA) is 32.5 Å². The van der Waals surface area contributed by atoms with Crippen molar-refractivity contribution in [2.45, 2.75) is 37.2 Å². The Bertz CT molecular complexity index is 412. The highest BCUT2D eigenvalue weighted by Gasteiger charge is 2.29. The molecule has 2 rings (SSSR count). The summed E-state index contributed by atoms with van der Waals surface area (Å²) in [4.78, 5) is 6.52. The summed E-state index contributed by atoms with van der Waals surface area (Å²) in [7, 11) is 0. The fourth-order valence-corrected chi connectivity index (χ4v) is 3.78. The van der Waals surface area contributed by atoms with Gasteiger partial charge in [0.15, 0.2) is 0 Å². The van der Waals surface area contributed by atoms with E-state index in [0.29, 0.717) is 12.1 Å². The second-order valence-electron chi connectivity index (χ2n) is 5.65. The van der Waals surface area contributed by atoms with Crippen LogP contribution in [0.4, 0.5) is 5.69 Å². The number of hydrogen-bond acceptors (Lipinski definition) is 4. The maximum Gasteiger partial charge on any atom is 0.0505 e. The number of benzene rings is 1. The van der Waals surface area contributed by atoms with Gasteiger partial charge in [-0.2, -0.15) is 0 Å². The van der Waals surface area contributed by atoms with Crippen molar-refractivity contribution in [2.75, 3.05) is 37.3 Å². The fourth-order valence-electron chi connectivity index (χ4n) is 3.16. The van der Waals surface area contributed by atoms with Gasteiger partial charge in [-0.25, -0.2) is 0 Å². The van der Waals surface area contributed by atoms with Crippen molar-refractivity contribution in [1.29, 1.82) is 0 Å². The van der Waals surface area contributed by atoms with Crippen LogP contribution in [0.5, 0.6) is 0 Å². The van der Waals surface area contributed by atoms with Gasteiger partial charge in [0.2, 0.25) is 0 Å². The lowest BCUT2D eigenvalue weighted by Gasteiger charge is -2.45. The van der Waals surface area contributed by atoms with Gasteiger partial charge in [-0.15, -0.1) is 11.8 Å². The molecule has 112 valence electrons. The van der Waals surface area contributed by atoms with Crippen LogP contribution < -0.4 is 10.6 Å². The third-order valence-electron chi connectivity index (χ3n) is 4.15. The van der Waals surface area contributed by atoms with Crippen molar-refractivity contribution in [3.63, 3.8) is 0 Å². The van der Waals surface area contributed by atoms with Gasteiger partial charge in [0, 0.05) is 36.6 Å². The van der Waals surface area contributed by atoms with Gasteiger partial charge in [-0.3, -0.25) is 4.90 Å².